The van der Waals surface area contributed by atoms with E-state index < -0.39 is 30.7 Å². The van der Waals surface area contributed by atoms with Crippen molar-refractivity contribution in [3.63, 3.8) is 0 Å². The molecular weight excluding hydrogens is 706 g/mol. The molecule has 1 fully saturated rings. The minimum absolute atomic E-state index is 0.109. The van der Waals surface area contributed by atoms with Crippen LogP contribution in [0, 0.1) is 12.7 Å². The minimum Gasteiger partial charge on any atom is -0.491 e. The Labute approximate surface area is 302 Å². The number of para-hydroxylation sites is 1. The summed E-state index contributed by atoms with van der Waals surface area (Å²) >= 11 is 6.93. The van der Waals surface area contributed by atoms with E-state index in [2.05, 4.69) is 26.9 Å². The van der Waals surface area contributed by atoms with Gasteiger partial charge < -0.3 is 24.2 Å². The van der Waals surface area contributed by atoms with Crippen LogP contribution >= 0.6 is 11.6 Å². The van der Waals surface area contributed by atoms with E-state index >= 15 is 0 Å². The maximum Gasteiger partial charge on any atom is 0.422 e. The summed E-state index contributed by atoms with van der Waals surface area (Å²) < 4.78 is 71.5. The zero-order chi connectivity index (χ0) is 37.0. The normalized spacial score (nSPS) is 14.8. The molecule has 15 heteroatoms. The number of aromatic nitrogens is 3. The number of ether oxygens (including phenoxy) is 3. The summed E-state index contributed by atoms with van der Waals surface area (Å²) in [5, 5.41) is 15.0. The molecule has 1 atom stereocenters. The monoisotopic (exact) mass is 741 g/mol. The van der Waals surface area contributed by atoms with E-state index in [0.717, 1.165) is 32.7 Å². The van der Waals surface area contributed by atoms with Crippen LogP contribution in [0.1, 0.15) is 11.1 Å². The first kappa shape index (κ1) is 36.9. The number of carbonyl (C=O) groups is 1. The molecular formula is C37H36ClF4N5O5. The number of piperazine rings is 1. The number of carboxylic acid groups (broad SMARTS) is 1. The largest absolute Gasteiger partial charge is 0.491 e. The van der Waals surface area contributed by atoms with Crippen LogP contribution in [0.15, 0.2) is 73.2 Å². The standard InChI is InChI=1S/C37H36ClF4N5O5/c1-23-27(11-12-30(33(23)38)50-18-17-46-15-13-45(2)14-16-46)32-28(24-7-9-26(39)10-8-24)20-47-34(32)35(43-22-44-47)52-31(36(48)49)19-25-5-3-4-6-29(25)51-21-37(40,41)42/h3-12,20,22,31H,13-19,21H2,1-2H3,(H,48,49). The highest BCUT2D eigenvalue weighted by atomic mass is 35.5. The zero-order valence-corrected chi connectivity index (χ0v) is 29.1. The number of rotatable bonds is 13. The fraction of sp³-hybridized carbons (Fsp3) is 0.324. The topological polar surface area (TPSA) is 102 Å². The lowest BCUT2D eigenvalue weighted by atomic mass is 9.94. The van der Waals surface area contributed by atoms with Crippen LogP contribution in [-0.2, 0) is 11.2 Å². The molecule has 1 saturated heterocycles. The molecule has 0 bridgehead atoms. The number of likely N-dealkylation sites (N-methyl/N-ethyl adjacent to an activating group) is 1. The second-order valence-electron chi connectivity index (χ2n) is 12.5. The summed E-state index contributed by atoms with van der Waals surface area (Å²) in [4.78, 5) is 21.5. The third-order valence-corrected chi connectivity index (χ3v) is 9.35. The van der Waals surface area contributed by atoms with E-state index in [-0.39, 0.29) is 29.1 Å². The Balaban J connectivity index is 1.37. The molecule has 3 aromatic carbocycles. The number of nitrogens with zero attached hydrogens (tertiary/aromatic N) is 5. The number of benzene rings is 3. The molecule has 52 heavy (non-hydrogen) atoms. The first-order valence-electron chi connectivity index (χ1n) is 16.5. The van der Waals surface area contributed by atoms with Crippen LogP contribution in [-0.4, -0.2) is 101 Å². The average molecular weight is 742 g/mol. The van der Waals surface area contributed by atoms with Crippen LogP contribution in [0.5, 0.6) is 17.4 Å². The molecule has 0 aliphatic carbocycles. The predicted octanol–water partition coefficient (Wildman–Crippen LogP) is 6.81. The van der Waals surface area contributed by atoms with Gasteiger partial charge in [-0.15, -0.1) is 0 Å². The van der Waals surface area contributed by atoms with Gasteiger partial charge >= 0.3 is 12.1 Å². The van der Waals surface area contributed by atoms with Gasteiger partial charge in [0, 0.05) is 56.5 Å². The third kappa shape index (κ3) is 8.57. The van der Waals surface area contributed by atoms with Gasteiger partial charge in [0.1, 0.15) is 35.8 Å². The SMILES string of the molecule is Cc1c(-c2c(-c3ccc(F)cc3)cn3ncnc(OC(Cc4ccccc4OCC(F)(F)F)C(=O)O)c23)ccc(OCCN2CCN(C)CC2)c1Cl. The van der Waals surface area contributed by atoms with E-state index in [9.17, 15) is 27.5 Å². The first-order valence-corrected chi connectivity index (χ1v) is 16.9. The lowest BCUT2D eigenvalue weighted by Crippen LogP contribution is -2.45. The Kier molecular flexibility index (Phi) is 11.2. The van der Waals surface area contributed by atoms with Crippen molar-refractivity contribution in [3.05, 3.63) is 95.2 Å². The molecule has 1 unspecified atom stereocenters. The van der Waals surface area contributed by atoms with Gasteiger partial charge in [0.05, 0.1) is 5.02 Å². The van der Waals surface area contributed by atoms with E-state index in [4.69, 9.17) is 25.8 Å². The molecule has 6 rings (SSSR count). The first-order chi connectivity index (χ1) is 24.9. The van der Waals surface area contributed by atoms with E-state index in [0.29, 0.717) is 45.2 Å². The number of fused-ring (bicyclic) bond motifs is 1. The van der Waals surface area contributed by atoms with Gasteiger partial charge in [-0.3, -0.25) is 4.90 Å². The van der Waals surface area contributed by atoms with Crippen molar-refractivity contribution in [3.8, 4) is 39.6 Å². The predicted molar refractivity (Wildman–Crippen MR) is 187 cm³/mol. The van der Waals surface area contributed by atoms with Gasteiger partial charge in [-0.1, -0.05) is 48.0 Å². The molecule has 10 nitrogen and oxygen atoms in total. The number of hydrogen-bond acceptors (Lipinski definition) is 8. The van der Waals surface area contributed by atoms with Crippen LogP contribution in [0.25, 0.3) is 27.8 Å². The maximum atomic E-state index is 14.0. The average Bonchev–Trinajstić information content (AvgIpc) is 3.50. The Morgan fingerprint density at radius 2 is 1.71 bits per heavy atom. The van der Waals surface area contributed by atoms with Gasteiger partial charge in [-0.05, 0) is 60.5 Å². The van der Waals surface area contributed by atoms with Gasteiger partial charge in [0.25, 0.3) is 0 Å². The van der Waals surface area contributed by atoms with Gasteiger partial charge in [0.2, 0.25) is 12.0 Å². The molecule has 5 aromatic rings. The van der Waals surface area contributed by atoms with Gasteiger partial charge in [0.15, 0.2) is 6.61 Å². The Morgan fingerprint density at radius 1 is 0.981 bits per heavy atom. The van der Waals surface area contributed by atoms with Crippen molar-refractivity contribution in [1.29, 1.82) is 0 Å². The van der Waals surface area contributed by atoms with Crippen LogP contribution in [0.2, 0.25) is 5.02 Å². The number of aliphatic carboxylic acids is 1. The molecule has 3 heterocycles. The highest BCUT2D eigenvalue weighted by Crippen LogP contribution is 2.44. The summed E-state index contributed by atoms with van der Waals surface area (Å²) in [7, 11) is 2.10. The molecule has 0 spiro atoms. The summed E-state index contributed by atoms with van der Waals surface area (Å²) in [6.45, 7) is 5.34. The lowest BCUT2D eigenvalue weighted by molar-refractivity contribution is -0.153. The van der Waals surface area contributed by atoms with Crippen LogP contribution < -0.4 is 14.2 Å². The molecule has 274 valence electrons. The molecule has 0 saturated carbocycles. The summed E-state index contributed by atoms with van der Waals surface area (Å²) in [5.74, 6) is -1.55. The molecule has 0 amide bonds. The highest BCUT2D eigenvalue weighted by molar-refractivity contribution is 6.33. The smallest absolute Gasteiger partial charge is 0.422 e. The quantitative estimate of drug-likeness (QED) is 0.131. The van der Waals surface area contributed by atoms with E-state index in [1.165, 1.54) is 41.2 Å². The van der Waals surface area contributed by atoms with Crippen LogP contribution in [0.3, 0.4) is 0 Å². The lowest BCUT2D eigenvalue weighted by Gasteiger charge is -2.32. The van der Waals surface area contributed by atoms with Gasteiger partial charge in [-0.2, -0.15) is 23.3 Å². The summed E-state index contributed by atoms with van der Waals surface area (Å²) in [6, 6.07) is 15.3. The Hall–Kier alpha value is -4.92. The second-order valence-corrected chi connectivity index (χ2v) is 12.9. The molecule has 0 radical (unpaired) electrons. The minimum atomic E-state index is -4.59. The second kappa shape index (κ2) is 15.8. The maximum absolute atomic E-state index is 14.0. The Bertz CT molecular complexity index is 2030. The van der Waals surface area contributed by atoms with Crippen molar-refractivity contribution in [2.24, 2.45) is 0 Å². The Morgan fingerprint density at radius 3 is 2.42 bits per heavy atom. The fourth-order valence-corrected chi connectivity index (χ4v) is 6.30. The van der Waals surface area contributed by atoms with Gasteiger partial charge in [-0.25, -0.2) is 13.7 Å². The fourth-order valence-electron chi connectivity index (χ4n) is 6.08. The zero-order valence-electron chi connectivity index (χ0n) is 28.4. The molecule has 1 aliphatic rings. The third-order valence-electron chi connectivity index (χ3n) is 8.88. The summed E-state index contributed by atoms with van der Waals surface area (Å²) in [6.07, 6.45) is -3.64. The van der Waals surface area contributed by atoms with Crippen molar-refractivity contribution in [2.45, 2.75) is 25.6 Å². The van der Waals surface area contributed by atoms with E-state index in [1.54, 1.807) is 30.5 Å². The molecule has 1 N–H and O–H groups in total. The van der Waals surface area contributed by atoms with Crippen LogP contribution in [0.4, 0.5) is 17.6 Å². The molecule has 1 aliphatic heterocycles. The van der Waals surface area contributed by atoms with E-state index in [1.807, 2.05) is 13.0 Å². The number of carboxylic acids is 1. The number of halogens is 5. The molecule has 2 aromatic heterocycles. The number of alkyl halides is 3. The summed E-state index contributed by atoms with van der Waals surface area (Å²) in [5.41, 5.74) is 3.53. The van der Waals surface area contributed by atoms with Crippen molar-refractivity contribution >= 4 is 23.1 Å². The number of hydrogen-bond donors (Lipinski definition) is 1. The van der Waals surface area contributed by atoms with Crippen molar-refractivity contribution < 1.29 is 41.7 Å². The van der Waals surface area contributed by atoms with Crippen molar-refractivity contribution in [2.75, 3.05) is 53.0 Å². The van der Waals surface area contributed by atoms with Crippen molar-refractivity contribution in [1.82, 2.24) is 24.4 Å². The highest BCUT2D eigenvalue weighted by Gasteiger charge is 2.31.